The zero-order valence-electron chi connectivity index (χ0n) is 16.3. The van der Waals surface area contributed by atoms with Gasteiger partial charge in [0.2, 0.25) is 15.8 Å². The van der Waals surface area contributed by atoms with Crippen LogP contribution >= 0.6 is 0 Å². The number of carbonyl (C=O) groups excluding carboxylic acids is 1. The van der Waals surface area contributed by atoms with Gasteiger partial charge in [0.15, 0.2) is 0 Å². The number of hydrogen-bond donors (Lipinski definition) is 2. The second-order valence-corrected chi connectivity index (χ2v) is 8.73. The van der Waals surface area contributed by atoms with Crippen molar-refractivity contribution in [3.63, 3.8) is 0 Å². The number of benzene rings is 2. The highest BCUT2D eigenvalue weighted by Gasteiger charge is 2.15. The van der Waals surface area contributed by atoms with Gasteiger partial charge >= 0.3 is 0 Å². The van der Waals surface area contributed by atoms with Crippen molar-refractivity contribution in [3.8, 4) is 11.3 Å². The Bertz CT molecular complexity index is 1060. The van der Waals surface area contributed by atoms with Crippen LogP contribution in [0.1, 0.15) is 35.5 Å². The van der Waals surface area contributed by atoms with E-state index in [2.05, 4.69) is 15.2 Å². The highest BCUT2D eigenvalue weighted by molar-refractivity contribution is 7.88. The fraction of sp³-hybridized carbons (Fsp3) is 0.238. The fourth-order valence-electron chi connectivity index (χ4n) is 2.77. The average Bonchev–Trinajstić information content (AvgIpc) is 3.17. The van der Waals surface area contributed by atoms with Gasteiger partial charge in [0.25, 0.3) is 5.91 Å². The van der Waals surface area contributed by atoms with Crippen molar-refractivity contribution in [2.45, 2.75) is 32.2 Å². The van der Waals surface area contributed by atoms with Gasteiger partial charge in [0.05, 0.1) is 5.75 Å². The number of amides is 1. The van der Waals surface area contributed by atoms with E-state index in [9.17, 15) is 13.2 Å². The molecule has 152 valence electrons. The zero-order chi connectivity index (χ0) is 20.9. The standard InChI is InChI=1S/C21H23N3O4S/c1-15(2)24-29(26,27)14-17-10-8-16(9-11-17)13-22-21(25)20-12-19(23-28-20)18-6-4-3-5-7-18/h3-12,15,24H,13-14H2,1-2H3,(H,22,25). The lowest BCUT2D eigenvalue weighted by Crippen LogP contribution is -2.31. The molecular weight excluding hydrogens is 390 g/mol. The molecule has 3 rings (SSSR count). The van der Waals surface area contributed by atoms with Crippen LogP contribution in [0.5, 0.6) is 0 Å². The third-order valence-corrected chi connectivity index (χ3v) is 5.60. The Labute approximate surface area is 170 Å². The Morgan fingerprint density at radius 1 is 1.03 bits per heavy atom. The molecule has 0 saturated carbocycles. The van der Waals surface area contributed by atoms with Crippen LogP contribution in [0.2, 0.25) is 0 Å². The SMILES string of the molecule is CC(C)NS(=O)(=O)Cc1ccc(CNC(=O)c2cc(-c3ccccc3)no2)cc1. The number of rotatable bonds is 8. The van der Waals surface area contributed by atoms with E-state index < -0.39 is 10.0 Å². The molecule has 1 aromatic heterocycles. The molecule has 2 aromatic carbocycles. The van der Waals surface area contributed by atoms with Gasteiger partial charge in [-0.2, -0.15) is 0 Å². The summed E-state index contributed by atoms with van der Waals surface area (Å²) >= 11 is 0. The number of hydrogen-bond acceptors (Lipinski definition) is 5. The molecule has 0 radical (unpaired) electrons. The van der Waals surface area contributed by atoms with Crippen molar-refractivity contribution in [1.29, 1.82) is 0 Å². The molecular formula is C21H23N3O4S. The van der Waals surface area contributed by atoms with Gasteiger partial charge < -0.3 is 9.84 Å². The van der Waals surface area contributed by atoms with E-state index >= 15 is 0 Å². The van der Waals surface area contributed by atoms with Crippen LogP contribution < -0.4 is 10.0 Å². The molecule has 29 heavy (non-hydrogen) atoms. The quantitative estimate of drug-likeness (QED) is 0.591. The third kappa shape index (κ3) is 6.00. The molecule has 0 aliphatic rings. The van der Waals surface area contributed by atoms with Crippen LogP contribution in [0, 0.1) is 0 Å². The van der Waals surface area contributed by atoms with E-state index in [-0.39, 0.29) is 30.0 Å². The van der Waals surface area contributed by atoms with Crippen molar-refractivity contribution >= 4 is 15.9 Å². The highest BCUT2D eigenvalue weighted by atomic mass is 32.2. The van der Waals surface area contributed by atoms with Crippen LogP contribution in [0.25, 0.3) is 11.3 Å². The normalized spacial score (nSPS) is 11.6. The largest absolute Gasteiger partial charge is 0.350 e. The lowest BCUT2D eigenvalue weighted by atomic mass is 10.1. The molecule has 0 atom stereocenters. The first kappa shape index (κ1) is 20.8. The minimum absolute atomic E-state index is 0.0852. The van der Waals surface area contributed by atoms with Gasteiger partial charge in [0.1, 0.15) is 5.69 Å². The molecule has 0 bridgehead atoms. The Balaban J connectivity index is 1.56. The molecule has 7 nitrogen and oxygen atoms in total. The molecule has 0 aliphatic carbocycles. The summed E-state index contributed by atoms with van der Waals surface area (Å²) in [7, 11) is -3.37. The molecule has 0 saturated heterocycles. The summed E-state index contributed by atoms with van der Waals surface area (Å²) in [5.74, 6) is -0.322. The number of aromatic nitrogens is 1. The predicted molar refractivity (Wildman–Crippen MR) is 110 cm³/mol. The first-order valence-electron chi connectivity index (χ1n) is 9.20. The van der Waals surface area contributed by atoms with Crippen LogP contribution in [0.4, 0.5) is 0 Å². The monoisotopic (exact) mass is 413 g/mol. The van der Waals surface area contributed by atoms with Gasteiger partial charge in [0, 0.05) is 24.2 Å². The molecule has 2 N–H and O–H groups in total. The Kier molecular flexibility index (Phi) is 6.46. The van der Waals surface area contributed by atoms with Crippen molar-refractivity contribution in [2.24, 2.45) is 0 Å². The van der Waals surface area contributed by atoms with Crippen LogP contribution in [-0.4, -0.2) is 25.5 Å². The van der Waals surface area contributed by atoms with Crippen LogP contribution in [0.3, 0.4) is 0 Å². The number of carbonyl (C=O) groups is 1. The van der Waals surface area contributed by atoms with Crippen LogP contribution in [-0.2, 0) is 22.3 Å². The van der Waals surface area contributed by atoms with Gasteiger partial charge in [-0.3, -0.25) is 4.79 Å². The van der Waals surface area contributed by atoms with E-state index in [0.717, 1.165) is 11.1 Å². The Hall–Kier alpha value is -2.97. The second-order valence-electron chi connectivity index (χ2n) is 6.97. The maximum atomic E-state index is 12.3. The molecule has 8 heteroatoms. The van der Waals surface area contributed by atoms with E-state index in [1.807, 2.05) is 30.3 Å². The summed E-state index contributed by atoms with van der Waals surface area (Å²) in [6, 6.07) is 18.0. The van der Waals surface area contributed by atoms with Gasteiger partial charge in [-0.1, -0.05) is 59.8 Å². The minimum atomic E-state index is -3.37. The minimum Gasteiger partial charge on any atom is -0.350 e. The Morgan fingerprint density at radius 2 is 1.69 bits per heavy atom. The molecule has 3 aromatic rings. The van der Waals surface area contributed by atoms with Gasteiger partial charge in [-0.25, -0.2) is 13.1 Å². The van der Waals surface area contributed by atoms with E-state index in [1.165, 1.54) is 0 Å². The smallest absolute Gasteiger partial charge is 0.290 e. The van der Waals surface area contributed by atoms with E-state index in [4.69, 9.17) is 4.52 Å². The summed E-state index contributed by atoms with van der Waals surface area (Å²) < 4.78 is 31.7. The molecule has 0 spiro atoms. The molecule has 1 amide bonds. The Morgan fingerprint density at radius 3 is 2.34 bits per heavy atom. The van der Waals surface area contributed by atoms with Gasteiger partial charge in [-0.15, -0.1) is 0 Å². The van der Waals surface area contributed by atoms with Crippen LogP contribution in [0.15, 0.2) is 65.2 Å². The summed E-state index contributed by atoms with van der Waals surface area (Å²) in [6.45, 7) is 3.85. The first-order chi connectivity index (χ1) is 13.8. The first-order valence-corrected chi connectivity index (χ1v) is 10.9. The fourth-order valence-corrected chi connectivity index (χ4v) is 4.20. The predicted octanol–water partition coefficient (Wildman–Crippen LogP) is 3.10. The molecule has 1 heterocycles. The van der Waals surface area contributed by atoms with E-state index in [1.54, 1.807) is 44.2 Å². The highest BCUT2D eigenvalue weighted by Crippen LogP contribution is 2.18. The zero-order valence-corrected chi connectivity index (χ0v) is 17.1. The van der Waals surface area contributed by atoms with E-state index in [0.29, 0.717) is 11.3 Å². The molecule has 0 unspecified atom stereocenters. The number of nitrogens with one attached hydrogen (secondary N) is 2. The van der Waals surface area contributed by atoms with Gasteiger partial charge in [-0.05, 0) is 25.0 Å². The summed E-state index contributed by atoms with van der Waals surface area (Å²) in [5.41, 5.74) is 2.99. The lowest BCUT2D eigenvalue weighted by molar-refractivity contribution is 0.0914. The average molecular weight is 413 g/mol. The number of sulfonamides is 1. The maximum Gasteiger partial charge on any atom is 0.290 e. The third-order valence-electron chi connectivity index (χ3n) is 4.05. The summed E-state index contributed by atoms with van der Waals surface area (Å²) in [6.07, 6.45) is 0. The van der Waals surface area contributed by atoms with Crippen molar-refractivity contribution < 1.29 is 17.7 Å². The molecule has 0 aliphatic heterocycles. The van der Waals surface area contributed by atoms with Crippen molar-refractivity contribution in [1.82, 2.24) is 15.2 Å². The van der Waals surface area contributed by atoms with Crippen molar-refractivity contribution in [2.75, 3.05) is 0 Å². The maximum absolute atomic E-state index is 12.3. The number of nitrogens with zero attached hydrogens (tertiary/aromatic N) is 1. The summed E-state index contributed by atoms with van der Waals surface area (Å²) in [5, 5.41) is 6.70. The summed E-state index contributed by atoms with van der Waals surface area (Å²) in [4.78, 5) is 12.3. The topological polar surface area (TPSA) is 101 Å². The van der Waals surface area contributed by atoms with Crippen molar-refractivity contribution in [3.05, 3.63) is 77.6 Å². The lowest BCUT2D eigenvalue weighted by Gasteiger charge is -2.10. The second kappa shape index (κ2) is 9.02. The molecule has 0 fully saturated rings.